The third kappa shape index (κ3) is 5.04. The van der Waals surface area contributed by atoms with Crippen LogP contribution in [0.1, 0.15) is 77.6 Å². The molecular formula is C18H36N2. The van der Waals surface area contributed by atoms with Crippen LogP contribution >= 0.6 is 0 Å². The minimum Gasteiger partial charge on any atom is -0.314 e. The fraction of sp³-hybridized carbons (Fsp3) is 1.00. The molecule has 118 valence electrons. The number of rotatable bonds is 6. The molecule has 2 nitrogen and oxygen atoms in total. The lowest BCUT2D eigenvalue weighted by Gasteiger charge is -2.36. The third-order valence-corrected chi connectivity index (χ3v) is 5.54. The highest BCUT2D eigenvalue weighted by Gasteiger charge is 2.27. The van der Waals surface area contributed by atoms with Crippen molar-refractivity contribution in [1.82, 2.24) is 10.2 Å². The van der Waals surface area contributed by atoms with E-state index in [1.54, 1.807) is 0 Å². The Bertz CT molecular complexity index is 248. The average Bonchev–Trinajstić information content (AvgIpc) is 2.71. The van der Waals surface area contributed by atoms with E-state index in [0.717, 1.165) is 18.0 Å². The first-order valence-electron chi connectivity index (χ1n) is 9.25. The van der Waals surface area contributed by atoms with Gasteiger partial charge < -0.3 is 10.2 Å². The summed E-state index contributed by atoms with van der Waals surface area (Å²) in [6.07, 6.45) is 15.7. The van der Waals surface area contributed by atoms with Gasteiger partial charge >= 0.3 is 0 Å². The minimum absolute atomic E-state index is 0.781. The van der Waals surface area contributed by atoms with Crippen LogP contribution in [0.2, 0.25) is 0 Å². The van der Waals surface area contributed by atoms with Crippen molar-refractivity contribution >= 4 is 0 Å². The van der Waals surface area contributed by atoms with Gasteiger partial charge in [-0.15, -0.1) is 0 Å². The van der Waals surface area contributed by atoms with Gasteiger partial charge in [0.05, 0.1) is 0 Å². The van der Waals surface area contributed by atoms with Crippen molar-refractivity contribution < 1.29 is 0 Å². The second kappa shape index (κ2) is 9.04. The Morgan fingerprint density at radius 2 is 1.55 bits per heavy atom. The molecule has 2 fully saturated rings. The number of nitrogens with zero attached hydrogens (tertiary/aromatic N) is 1. The lowest BCUT2D eigenvalue weighted by atomic mass is 9.90. The molecule has 2 unspecified atom stereocenters. The molecule has 2 atom stereocenters. The Labute approximate surface area is 126 Å². The highest BCUT2D eigenvalue weighted by molar-refractivity contribution is 4.83. The Morgan fingerprint density at radius 1 is 0.900 bits per heavy atom. The maximum Gasteiger partial charge on any atom is 0.0107 e. The SMILES string of the molecule is CCCNC1CCCCCC1CN(C)C1CCCCC1. The molecule has 0 heterocycles. The van der Waals surface area contributed by atoms with Gasteiger partial charge in [-0.2, -0.15) is 0 Å². The normalized spacial score (nSPS) is 29.6. The first-order chi connectivity index (χ1) is 9.81. The van der Waals surface area contributed by atoms with Crippen LogP contribution in [-0.2, 0) is 0 Å². The van der Waals surface area contributed by atoms with E-state index in [4.69, 9.17) is 0 Å². The lowest BCUT2D eigenvalue weighted by molar-refractivity contribution is 0.146. The zero-order chi connectivity index (χ0) is 14.2. The largest absolute Gasteiger partial charge is 0.314 e. The van der Waals surface area contributed by atoms with Gasteiger partial charge in [-0.3, -0.25) is 0 Å². The summed E-state index contributed by atoms with van der Waals surface area (Å²) >= 11 is 0. The van der Waals surface area contributed by atoms with Crippen LogP contribution in [0.25, 0.3) is 0 Å². The van der Waals surface area contributed by atoms with Gasteiger partial charge in [0, 0.05) is 18.6 Å². The standard InChI is InChI=1S/C18H36N2/c1-3-14-19-18-13-9-4-6-10-16(18)15-20(2)17-11-7-5-8-12-17/h16-19H,3-15H2,1-2H3. The van der Waals surface area contributed by atoms with Crippen LogP contribution < -0.4 is 5.32 Å². The molecule has 0 bridgehead atoms. The molecule has 2 aliphatic carbocycles. The predicted octanol–water partition coefficient (Wildman–Crippen LogP) is 4.20. The van der Waals surface area contributed by atoms with Crippen LogP contribution in [0.4, 0.5) is 0 Å². The topological polar surface area (TPSA) is 15.3 Å². The molecule has 0 radical (unpaired) electrons. The van der Waals surface area contributed by atoms with E-state index in [2.05, 4.69) is 24.2 Å². The second-order valence-electron chi connectivity index (χ2n) is 7.19. The van der Waals surface area contributed by atoms with Crippen molar-refractivity contribution in [2.75, 3.05) is 20.1 Å². The van der Waals surface area contributed by atoms with E-state index >= 15 is 0 Å². The van der Waals surface area contributed by atoms with E-state index in [1.807, 2.05) is 0 Å². The van der Waals surface area contributed by atoms with Gasteiger partial charge in [-0.1, -0.05) is 45.4 Å². The molecule has 0 aromatic rings. The molecule has 0 aromatic carbocycles. The summed E-state index contributed by atoms with van der Waals surface area (Å²) in [6, 6.07) is 1.65. The van der Waals surface area contributed by atoms with Crippen LogP contribution in [0.5, 0.6) is 0 Å². The Kier molecular flexibility index (Phi) is 7.37. The summed E-state index contributed by atoms with van der Waals surface area (Å²) in [6.45, 7) is 4.81. The lowest BCUT2D eigenvalue weighted by Crippen LogP contribution is -2.44. The van der Waals surface area contributed by atoms with Gasteiger partial charge in [-0.05, 0) is 51.6 Å². The van der Waals surface area contributed by atoms with E-state index in [0.29, 0.717) is 0 Å². The molecule has 0 spiro atoms. The fourth-order valence-electron chi connectivity index (χ4n) is 4.24. The molecule has 2 heteroatoms. The number of nitrogens with one attached hydrogen (secondary N) is 1. The molecule has 0 aromatic heterocycles. The smallest absolute Gasteiger partial charge is 0.0107 e. The van der Waals surface area contributed by atoms with E-state index < -0.39 is 0 Å². The fourth-order valence-corrected chi connectivity index (χ4v) is 4.24. The Morgan fingerprint density at radius 3 is 2.25 bits per heavy atom. The van der Waals surface area contributed by atoms with Gasteiger partial charge in [0.1, 0.15) is 0 Å². The third-order valence-electron chi connectivity index (χ3n) is 5.54. The molecule has 0 saturated heterocycles. The van der Waals surface area contributed by atoms with Gasteiger partial charge in [0.15, 0.2) is 0 Å². The van der Waals surface area contributed by atoms with Gasteiger partial charge in [0.25, 0.3) is 0 Å². The van der Waals surface area contributed by atoms with Crippen molar-refractivity contribution in [2.45, 2.75) is 89.6 Å². The summed E-state index contributed by atoms with van der Waals surface area (Å²) in [5.41, 5.74) is 0. The van der Waals surface area contributed by atoms with E-state index in [-0.39, 0.29) is 0 Å². The zero-order valence-electron chi connectivity index (χ0n) is 13.9. The molecule has 20 heavy (non-hydrogen) atoms. The quantitative estimate of drug-likeness (QED) is 0.734. The van der Waals surface area contributed by atoms with Crippen LogP contribution in [0, 0.1) is 5.92 Å². The molecular weight excluding hydrogens is 244 g/mol. The predicted molar refractivity (Wildman–Crippen MR) is 88.2 cm³/mol. The number of hydrogen-bond acceptors (Lipinski definition) is 2. The first-order valence-corrected chi connectivity index (χ1v) is 9.25. The maximum absolute atomic E-state index is 3.84. The van der Waals surface area contributed by atoms with E-state index in [9.17, 15) is 0 Å². The first kappa shape index (κ1) is 16.3. The molecule has 2 saturated carbocycles. The molecule has 1 N–H and O–H groups in total. The monoisotopic (exact) mass is 280 g/mol. The van der Waals surface area contributed by atoms with E-state index in [1.165, 1.54) is 83.7 Å². The highest BCUT2D eigenvalue weighted by Crippen LogP contribution is 2.27. The van der Waals surface area contributed by atoms with Crippen molar-refractivity contribution in [3.05, 3.63) is 0 Å². The molecule has 2 rings (SSSR count). The van der Waals surface area contributed by atoms with Crippen LogP contribution in [-0.4, -0.2) is 37.1 Å². The van der Waals surface area contributed by atoms with Crippen molar-refractivity contribution in [3.63, 3.8) is 0 Å². The highest BCUT2D eigenvalue weighted by atomic mass is 15.1. The minimum atomic E-state index is 0.781. The van der Waals surface area contributed by atoms with Crippen LogP contribution in [0.3, 0.4) is 0 Å². The molecule has 2 aliphatic rings. The Balaban J connectivity index is 1.85. The van der Waals surface area contributed by atoms with Crippen molar-refractivity contribution in [3.8, 4) is 0 Å². The summed E-state index contributed by atoms with van der Waals surface area (Å²) in [5, 5.41) is 3.84. The maximum atomic E-state index is 3.84. The van der Waals surface area contributed by atoms with Crippen molar-refractivity contribution in [2.24, 2.45) is 5.92 Å². The van der Waals surface area contributed by atoms with Crippen molar-refractivity contribution in [1.29, 1.82) is 0 Å². The van der Waals surface area contributed by atoms with Crippen LogP contribution in [0.15, 0.2) is 0 Å². The molecule has 0 aliphatic heterocycles. The zero-order valence-corrected chi connectivity index (χ0v) is 13.9. The Hall–Kier alpha value is -0.0800. The summed E-state index contributed by atoms with van der Waals surface area (Å²) in [7, 11) is 2.39. The second-order valence-corrected chi connectivity index (χ2v) is 7.19. The summed E-state index contributed by atoms with van der Waals surface area (Å²) in [5.74, 6) is 0.885. The summed E-state index contributed by atoms with van der Waals surface area (Å²) < 4.78 is 0. The number of hydrogen-bond donors (Lipinski definition) is 1. The summed E-state index contributed by atoms with van der Waals surface area (Å²) in [4.78, 5) is 2.70. The molecule has 0 amide bonds. The van der Waals surface area contributed by atoms with Gasteiger partial charge in [0.2, 0.25) is 0 Å². The van der Waals surface area contributed by atoms with Gasteiger partial charge in [-0.25, -0.2) is 0 Å². The average molecular weight is 280 g/mol.